The van der Waals surface area contributed by atoms with Crippen molar-refractivity contribution in [3.05, 3.63) is 31.2 Å². The number of carboxylic acids is 1. The second-order valence-electron chi connectivity index (χ2n) is 2.36. The molecule has 7 heteroatoms. The van der Waals surface area contributed by atoms with Crippen molar-refractivity contribution in [2.24, 2.45) is 0 Å². The Balaban J connectivity index is 3.58. The molecule has 0 aliphatic rings. The highest BCUT2D eigenvalue weighted by Gasteiger charge is 2.24. The first-order valence-corrected chi connectivity index (χ1v) is 4.45. The summed E-state index contributed by atoms with van der Waals surface area (Å²) in [6.07, 6.45) is -2.02. The van der Waals surface area contributed by atoms with Crippen molar-refractivity contribution in [1.82, 2.24) is 4.98 Å². The second-order valence-corrected chi connectivity index (χ2v) is 3.52. The van der Waals surface area contributed by atoms with E-state index in [1.807, 2.05) is 4.98 Å². The van der Waals surface area contributed by atoms with Crippen LogP contribution < -0.4 is 5.56 Å². The third-order valence-electron chi connectivity index (χ3n) is 1.51. The van der Waals surface area contributed by atoms with Crippen LogP contribution in [0.5, 0.6) is 0 Å². The van der Waals surface area contributed by atoms with Crippen molar-refractivity contribution >= 4 is 28.6 Å². The van der Waals surface area contributed by atoms with E-state index in [1.54, 1.807) is 22.6 Å². The predicted octanol–water partition coefficient (Wildman–Crippen LogP) is 1.62. The molecule has 2 N–H and O–H groups in total. The second kappa shape index (κ2) is 4.03. The molecule has 0 amide bonds. The van der Waals surface area contributed by atoms with Crippen LogP contribution in [0.2, 0.25) is 0 Å². The molecular weight excluding hydrogens is 311 g/mol. The molecule has 1 aromatic rings. The number of rotatable bonds is 2. The minimum Gasteiger partial charge on any atom is -0.478 e. The first-order chi connectivity index (χ1) is 6.45. The fraction of sp³-hybridized carbons (Fsp3) is 0.143. The normalized spacial score (nSPS) is 10.6. The maximum atomic E-state index is 12.3. The average Bonchev–Trinajstić information content (AvgIpc) is 2.07. The van der Waals surface area contributed by atoms with E-state index in [4.69, 9.17) is 5.11 Å². The van der Waals surface area contributed by atoms with E-state index >= 15 is 0 Å². The smallest absolute Gasteiger partial charge is 0.337 e. The minimum atomic E-state index is -3.10. The standard InChI is InChI=1S/C7H4F2INO3/c8-5(9)4-3(7(13)14)2(10)1-11-6(4)12/h1,5H,(H,11,12)(H,13,14). The quantitative estimate of drug-likeness (QED) is 0.815. The maximum Gasteiger partial charge on any atom is 0.337 e. The van der Waals surface area contributed by atoms with Crippen LogP contribution >= 0.6 is 22.6 Å². The van der Waals surface area contributed by atoms with Crippen molar-refractivity contribution in [2.75, 3.05) is 0 Å². The van der Waals surface area contributed by atoms with Crippen LogP contribution in [-0.2, 0) is 0 Å². The minimum absolute atomic E-state index is 0.0741. The van der Waals surface area contributed by atoms with Gasteiger partial charge in [0.15, 0.2) is 0 Å². The SMILES string of the molecule is O=C(O)c1c(I)c[nH]c(=O)c1C(F)F. The molecular formula is C7H4F2INO3. The molecule has 1 aromatic heterocycles. The lowest BCUT2D eigenvalue weighted by Gasteiger charge is -2.04. The zero-order chi connectivity index (χ0) is 10.9. The van der Waals surface area contributed by atoms with Gasteiger partial charge in [0.2, 0.25) is 0 Å². The topological polar surface area (TPSA) is 70.2 Å². The van der Waals surface area contributed by atoms with Gasteiger partial charge in [-0.3, -0.25) is 4.79 Å². The highest BCUT2D eigenvalue weighted by atomic mass is 127. The van der Waals surface area contributed by atoms with Crippen LogP contribution in [0.15, 0.2) is 11.0 Å². The fourth-order valence-corrected chi connectivity index (χ4v) is 1.62. The highest BCUT2D eigenvalue weighted by Crippen LogP contribution is 2.22. The van der Waals surface area contributed by atoms with Gasteiger partial charge in [0.05, 0.1) is 11.1 Å². The Labute approximate surface area is 90.1 Å². The number of hydrogen-bond acceptors (Lipinski definition) is 2. The summed E-state index contributed by atoms with van der Waals surface area (Å²) < 4.78 is 24.8. The number of carbonyl (C=O) groups is 1. The van der Waals surface area contributed by atoms with Crippen LogP contribution in [0.3, 0.4) is 0 Å². The summed E-state index contributed by atoms with van der Waals surface area (Å²) in [6.45, 7) is 0. The predicted molar refractivity (Wildman–Crippen MR) is 51.7 cm³/mol. The number of H-pyrrole nitrogens is 1. The Morgan fingerprint density at radius 2 is 2.14 bits per heavy atom. The van der Waals surface area contributed by atoms with Crippen LogP contribution in [0.1, 0.15) is 22.3 Å². The first-order valence-electron chi connectivity index (χ1n) is 3.37. The van der Waals surface area contributed by atoms with Gasteiger partial charge in [-0.05, 0) is 22.6 Å². The first kappa shape index (κ1) is 11.1. The molecule has 0 bridgehead atoms. The van der Waals surface area contributed by atoms with Crippen molar-refractivity contribution < 1.29 is 18.7 Å². The molecule has 4 nitrogen and oxygen atoms in total. The molecule has 0 unspecified atom stereocenters. The number of alkyl halides is 2. The molecule has 0 spiro atoms. The summed E-state index contributed by atoms with van der Waals surface area (Å²) in [5.74, 6) is -1.53. The van der Waals surface area contributed by atoms with E-state index < -0.39 is 29.1 Å². The molecule has 0 aliphatic heterocycles. The van der Waals surface area contributed by atoms with E-state index in [9.17, 15) is 18.4 Å². The molecule has 0 saturated carbocycles. The zero-order valence-electron chi connectivity index (χ0n) is 6.55. The molecule has 0 saturated heterocycles. The molecule has 0 radical (unpaired) electrons. The van der Waals surface area contributed by atoms with Crippen molar-refractivity contribution in [1.29, 1.82) is 0 Å². The van der Waals surface area contributed by atoms with Gasteiger partial charge in [-0.1, -0.05) is 0 Å². The average molecular weight is 315 g/mol. The number of hydrogen-bond donors (Lipinski definition) is 2. The Bertz CT molecular complexity index is 429. The van der Waals surface area contributed by atoms with Crippen LogP contribution in [0.25, 0.3) is 0 Å². The van der Waals surface area contributed by atoms with Crippen molar-refractivity contribution in [3.63, 3.8) is 0 Å². The number of aromatic carboxylic acids is 1. The number of nitrogens with one attached hydrogen (secondary N) is 1. The molecule has 0 aromatic carbocycles. The fourth-order valence-electron chi connectivity index (χ4n) is 0.947. The van der Waals surface area contributed by atoms with E-state index in [2.05, 4.69) is 0 Å². The molecule has 14 heavy (non-hydrogen) atoms. The van der Waals surface area contributed by atoms with E-state index in [0.717, 1.165) is 6.20 Å². The van der Waals surface area contributed by atoms with Crippen molar-refractivity contribution in [2.45, 2.75) is 6.43 Å². The highest BCUT2D eigenvalue weighted by molar-refractivity contribution is 14.1. The Kier molecular flexibility index (Phi) is 3.19. The zero-order valence-corrected chi connectivity index (χ0v) is 8.71. The molecule has 0 fully saturated rings. The number of aromatic nitrogens is 1. The summed E-state index contributed by atoms with van der Waals surface area (Å²) in [6, 6.07) is 0. The monoisotopic (exact) mass is 315 g/mol. The summed E-state index contributed by atoms with van der Waals surface area (Å²) in [7, 11) is 0. The lowest BCUT2D eigenvalue weighted by molar-refractivity contribution is 0.0682. The van der Waals surface area contributed by atoms with Gasteiger partial charge in [-0.2, -0.15) is 0 Å². The number of aromatic amines is 1. The van der Waals surface area contributed by atoms with Crippen molar-refractivity contribution in [3.8, 4) is 0 Å². The third kappa shape index (κ3) is 1.91. The van der Waals surface area contributed by atoms with E-state index in [0.29, 0.717) is 0 Å². The largest absolute Gasteiger partial charge is 0.478 e. The van der Waals surface area contributed by atoms with Crippen LogP contribution in [0, 0.1) is 3.57 Å². The Morgan fingerprint density at radius 3 is 2.50 bits per heavy atom. The number of pyridine rings is 1. The van der Waals surface area contributed by atoms with E-state index in [1.165, 1.54) is 0 Å². The molecule has 76 valence electrons. The third-order valence-corrected chi connectivity index (χ3v) is 2.37. The van der Waals surface area contributed by atoms with Gasteiger partial charge in [0, 0.05) is 9.77 Å². The van der Waals surface area contributed by atoms with Crippen LogP contribution in [-0.4, -0.2) is 16.1 Å². The maximum absolute atomic E-state index is 12.3. The Hall–Kier alpha value is -0.990. The molecule has 0 aliphatic carbocycles. The van der Waals surface area contributed by atoms with Gasteiger partial charge >= 0.3 is 5.97 Å². The van der Waals surface area contributed by atoms with Gasteiger partial charge < -0.3 is 10.1 Å². The molecule has 1 heterocycles. The lowest BCUT2D eigenvalue weighted by atomic mass is 10.1. The molecule has 0 atom stereocenters. The van der Waals surface area contributed by atoms with Gasteiger partial charge in [-0.25, -0.2) is 13.6 Å². The molecule has 1 rings (SSSR count). The Morgan fingerprint density at radius 1 is 1.57 bits per heavy atom. The lowest BCUT2D eigenvalue weighted by Crippen LogP contribution is -2.20. The summed E-state index contributed by atoms with van der Waals surface area (Å²) in [5, 5.41) is 8.63. The summed E-state index contributed by atoms with van der Waals surface area (Å²) in [4.78, 5) is 23.6. The van der Waals surface area contributed by atoms with E-state index in [-0.39, 0.29) is 3.57 Å². The number of halogens is 3. The van der Waals surface area contributed by atoms with Gasteiger partial charge in [-0.15, -0.1) is 0 Å². The number of carboxylic acid groups (broad SMARTS) is 1. The summed E-state index contributed by atoms with van der Waals surface area (Å²) in [5.41, 5.74) is -2.70. The van der Waals surface area contributed by atoms with Crippen LogP contribution in [0.4, 0.5) is 8.78 Å². The summed E-state index contributed by atoms with van der Waals surface area (Å²) >= 11 is 1.57. The van der Waals surface area contributed by atoms with Gasteiger partial charge in [0.25, 0.3) is 12.0 Å². The van der Waals surface area contributed by atoms with Gasteiger partial charge in [0.1, 0.15) is 0 Å².